The van der Waals surface area contributed by atoms with E-state index in [9.17, 15) is 0 Å². The molecule has 3 fully saturated rings. The Bertz CT molecular complexity index is 238. The van der Waals surface area contributed by atoms with Gasteiger partial charge in [-0.05, 0) is 48.7 Å². The van der Waals surface area contributed by atoms with E-state index in [1.807, 2.05) is 0 Å². The van der Waals surface area contributed by atoms with Crippen molar-refractivity contribution in [3.05, 3.63) is 0 Å². The molecule has 12 heavy (non-hydrogen) atoms. The number of hydrogen-bond acceptors (Lipinski definition) is 2. The van der Waals surface area contributed by atoms with Gasteiger partial charge in [0.15, 0.2) is 0 Å². The van der Waals surface area contributed by atoms with Gasteiger partial charge in [-0.1, -0.05) is 13.8 Å². The molecule has 3 rings (SSSR count). The monoisotopic (exact) mass is 181 g/mol. The highest BCUT2D eigenvalue weighted by atomic mass is 32.1. The van der Waals surface area contributed by atoms with Gasteiger partial charge in [0, 0.05) is 0 Å². The minimum atomic E-state index is 0.488. The van der Waals surface area contributed by atoms with E-state index in [4.69, 9.17) is 0 Å². The van der Waals surface area contributed by atoms with Crippen LogP contribution in [0.1, 0.15) is 33.1 Å². The van der Waals surface area contributed by atoms with Gasteiger partial charge in [0.25, 0.3) is 0 Å². The summed E-state index contributed by atoms with van der Waals surface area (Å²) in [4.78, 5) is 4.26. The molecule has 0 radical (unpaired) electrons. The van der Waals surface area contributed by atoms with Crippen LogP contribution in [-0.4, -0.2) is 11.2 Å². The first kappa shape index (κ1) is 8.40. The van der Waals surface area contributed by atoms with Gasteiger partial charge in [0.2, 0.25) is 0 Å². The number of nitrogens with zero attached hydrogens (tertiary/aromatic N) is 1. The van der Waals surface area contributed by atoms with E-state index in [0.29, 0.717) is 11.5 Å². The molecule has 3 saturated carbocycles. The number of isothiocyanates is 1. The van der Waals surface area contributed by atoms with Crippen molar-refractivity contribution in [1.82, 2.24) is 0 Å². The van der Waals surface area contributed by atoms with Gasteiger partial charge >= 0.3 is 0 Å². The number of hydrogen-bond donors (Lipinski definition) is 0. The molecule has 0 N–H and O–H groups in total. The summed E-state index contributed by atoms with van der Waals surface area (Å²) in [6, 6.07) is 0.488. The van der Waals surface area contributed by atoms with Crippen molar-refractivity contribution >= 4 is 17.4 Å². The molecule has 66 valence electrons. The van der Waals surface area contributed by atoms with E-state index in [1.54, 1.807) is 0 Å². The summed E-state index contributed by atoms with van der Waals surface area (Å²) in [6.07, 6.45) is 3.95. The molecule has 0 aromatic heterocycles. The van der Waals surface area contributed by atoms with E-state index in [0.717, 1.165) is 11.8 Å². The summed E-state index contributed by atoms with van der Waals surface area (Å²) in [7, 11) is 0. The van der Waals surface area contributed by atoms with Gasteiger partial charge in [-0.15, -0.1) is 0 Å². The maximum Gasteiger partial charge on any atom is 0.0636 e. The summed E-state index contributed by atoms with van der Waals surface area (Å²) in [6.45, 7) is 4.74. The minimum Gasteiger partial charge on any atom is -0.229 e. The van der Waals surface area contributed by atoms with Gasteiger partial charge < -0.3 is 0 Å². The molecular weight excluding hydrogens is 166 g/mol. The first-order chi connectivity index (χ1) is 5.66. The number of thiocarbonyl (C=S) groups is 1. The summed E-state index contributed by atoms with van der Waals surface area (Å²) < 4.78 is 0. The average Bonchev–Trinajstić information content (AvgIpc) is 2.05. The minimum absolute atomic E-state index is 0.488. The molecular formula is C10H15NS. The highest BCUT2D eigenvalue weighted by molar-refractivity contribution is 7.78. The lowest BCUT2D eigenvalue weighted by molar-refractivity contribution is -0.0769. The average molecular weight is 181 g/mol. The smallest absolute Gasteiger partial charge is 0.0636 e. The maximum absolute atomic E-state index is 4.66. The van der Waals surface area contributed by atoms with Crippen molar-refractivity contribution in [1.29, 1.82) is 0 Å². The highest BCUT2D eigenvalue weighted by Gasteiger charge is 2.54. The molecule has 1 nitrogen and oxygen atoms in total. The molecule has 0 amide bonds. The highest BCUT2D eigenvalue weighted by Crippen LogP contribution is 2.59. The van der Waals surface area contributed by atoms with Gasteiger partial charge in [0.1, 0.15) is 0 Å². The molecule has 2 heteroatoms. The molecule has 0 aliphatic heterocycles. The fourth-order valence-electron chi connectivity index (χ4n) is 2.99. The molecule has 3 atom stereocenters. The van der Waals surface area contributed by atoms with Crippen LogP contribution >= 0.6 is 12.2 Å². The van der Waals surface area contributed by atoms with E-state index in [-0.39, 0.29) is 0 Å². The number of aliphatic imine (C=N–C) groups is 1. The van der Waals surface area contributed by atoms with Gasteiger partial charge in [0.05, 0.1) is 11.2 Å². The normalized spacial score (nSPS) is 42.7. The zero-order valence-corrected chi connectivity index (χ0v) is 8.53. The Morgan fingerprint density at radius 3 is 2.67 bits per heavy atom. The molecule has 3 aliphatic carbocycles. The van der Waals surface area contributed by atoms with E-state index >= 15 is 0 Å². The van der Waals surface area contributed by atoms with Crippen LogP contribution in [0.4, 0.5) is 0 Å². The molecule has 0 spiro atoms. The van der Waals surface area contributed by atoms with Crippen LogP contribution in [0.15, 0.2) is 4.99 Å². The van der Waals surface area contributed by atoms with Crippen LogP contribution in [0.25, 0.3) is 0 Å². The van der Waals surface area contributed by atoms with Gasteiger partial charge in [-0.25, -0.2) is 4.99 Å². The summed E-state index contributed by atoms with van der Waals surface area (Å²) >= 11 is 4.66. The van der Waals surface area contributed by atoms with Gasteiger partial charge in [-0.3, -0.25) is 0 Å². The Kier molecular flexibility index (Phi) is 1.85. The van der Waals surface area contributed by atoms with E-state index < -0.39 is 0 Å². The van der Waals surface area contributed by atoms with Crippen LogP contribution in [0.2, 0.25) is 0 Å². The Balaban J connectivity index is 2.16. The molecule has 0 heterocycles. The second-order valence-electron chi connectivity index (χ2n) is 4.73. The third kappa shape index (κ3) is 0.982. The first-order valence-electron chi connectivity index (χ1n) is 4.73. The fraction of sp³-hybridized carbons (Fsp3) is 0.900. The van der Waals surface area contributed by atoms with Crippen LogP contribution in [-0.2, 0) is 0 Å². The van der Waals surface area contributed by atoms with Crippen molar-refractivity contribution in [3.8, 4) is 0 Å². The number of rotatable bonds is 1. The largest absolute Gasteiger partial charge is 0.229 e. The Hall–Kier alpha value is -0.200. The zero-order valence-electron chi connectivity index (χ0n) is 7.71. The van der Waals surface area contributed by atoms with Crippen LogP contribution < -0.4 is 0 Å². The predicted molar refractivity (Wildman–Crippen MR) is 53.4 cm³/mol. The molecule has 0 aromatic carbocycles. The van der Waals surface area contributed by atoms with E-state index in [2.05, 4.69) is 36.2 Å². The quantitative estimate of drug-likeness (QED) is 0.447. The Morgan fingerprint density at radius 1 is 1.42 bits per heavy atom. The molecule has 0 saturated heterocycles. The van der Waals surface area contributed by atoms with Crippen molar-refractivity contribution in [3.63, 3.8) is 0 Å². The third-order valence-corrected chi connectivity index (χ3v) is 4.15. The second kappa shape index (κ2) is 2.65. The summed E-state index contributed by atoms with van der Waals surface area (Å²) in [5.41, 5.74) is 0.526. The van der Waals surface area contributed by atoms with Crippen molar-refractivity contribution in [2.24, 2.45) is 22.2 Å². The second-order valence-corrected chi connectivity index (χ2v) is 4.91. The van der Waals surface area contributed by atoms with Crippen LogP contribution in [0, 0.1) is 17.3 Å². The standard InChI is InChI=1S/C10H15NS/c1-10(2)7-3-4-9(11-6-12)8(10)5-7/h7-9H,3-5H2,1-2H3. The van der Waals surface area contributed by atoms with Crippen LogP contribution in [0.3, 0.4) is 0 Å². The van der Waals surface area contributed by atoms with E-state index in [1.165, 1.54) is 19.3 Å². The topological polar surface area (TPSA) is 12.4 Å². The lowest BCUT2D eigenvalue weighted by Crippen LogP contribution is -2.54. The maximum atomic E-state index is 4.66. The van der Waals surface area contributed by atoms with Crippen molar-refractivity contribution < 1.29 is 0 Å². The molecule has 2 bridgehead atoms. The third-order valence-electron chi connectivity index (χ3n) is 4.04. The molecule has 0 aromatic rings. The molecule has 3 unspecified atom stereocenters. The first-order valence-corrected chi connectivity index (χ1v) is 5.14. The number of fused-ring (bicyclic) bond motifs is 2. The fourth-order valence-corrected chi connectivity index (χ4v) is 3.13. The van der Waals surface area contributed by atoms with Crippen molar-refractivity contribution in [2.75, 3.05) is 0 Å². The zero-order chi connectivity index (χ0) is 8.77. The van der Waals surface area contributed by atoms with Crippen molar-refractivity contribution in [2.45, 2.75) is 39.2 Å². The predicted octanol–water partition coefficient (Wildman–Crippen LogP) is 2.91. The molecule has 3 aliphatic rings. The lowest BCUT2D eigenvalue weighted by atomic mass is 9.47. The van der Waals surface area contributed by atoms with Crippen LogP contribution in [0.5, 0.6) is 0 Å². The van der Waals surface area contributed by atoms with Gasteiger partial charge in [-0.2, -0.15) is 0 Å². The Labute approximate surface area is 79.3 Å². The Morgan fingerprint density at radius 2 is 2.17 bits per heavy atom. The summed E-state index contributed by atoms with van der Waals surface area (Å²) in [5, 5.41) is 2.54. The summed E-state index contributed by atoms with van der Waals surface area (Å²) in [5.74, 6) is 1.74. The lowest BCUT2D eigenvalue weighted by Gasteiger charge is -2.58. The SMILES string of the molecule is CC1(C)C2CCC(N=C=S)C1C2.